The predicted molar refractivity (Wildman–Crippen MR) is 54.2 cm³/mol. The number of H-pyrrole nitrogens is 1. The molecule has 1 amide bonds. The van der Waals surface area contributed by atoms with E-state index in [1.165, 1.54) is 6.33 Å². The molecule has 1 heterocycles. The van der Waals surface area contributed by atoms with Crippen molar-refractivity contribution in [3.63, 3.8) is 0 Å². The fraction of sp³-hybridized carbons (Fsp3) is 0.667. The number of carbonyl (C=O) groups is 1. The van der Waals surface area contributed by atoms with Gasteiger partial charge in [-0.3, -0.25) is 9.89 Å². The Kier molecular flexibility index (Phi) is 4.23. The van der Waals surface area contributed by atoms with Crippen LogP contribution in [0.1, 0.15) is 30.9 Å². The van der Waals surface area contributed by atoms with Crippen LogP contribution in [0.5, 0.6) is 0 Å². The minimum atomic E-state index is -0.517. The Bertz CT molecular complexity index is 297. The number of amides is 1. The van der Waals surface area contributed by atoms with Crippen LogP contribution >= 0.6 is 0 Å². The molecule has 0 bridgehead atoms. The number of aliphatic hydroxyl groups is 1. The van der Waals surface area contributed by atoms with Crippen LogP contribution in [0.25, 0.3) is 0 Å². The molecule has 6 heteroatoms. The van der Waals surface area contributed by atoms with Crippen LogP contribution < -0.4 is 5.32 Å². The standard InChI is InChI=1S/C9H16N4O2/c1-6(2)3-7(14)4-10-9(15)8-11-5-12-13-8/h5-7,14H,3-4H2,1-2H3,(H,10,15)(H,11,12,13). The second-order valence-electron chi connectivity index (χ2n) is 3.83. The van der Waals surface area contributed by atoms with Gasteiger partial charge in [0.25, 0.3) is 5.91 Å². The molecule has 1 aromatic rings. The lowest BCUT2D eigenvalue weighted by Gasteiger charge is -2.12. The SMILES string of the molecule is CC(C)CC(O)CNC(=O)c1ncn[nH]1. The number of aliphatic hydroxyl groups excluding tert-OH is 1. The van der Waals surface area contributed by atoms with Crippen LogP contribution in [0.2, 0.25) is 0 Å². The second-order valence-corrected chi connectivity index (χ2v) is 3.83. The third-order valence-electron chi connectivity index (χ3n) is 1.87. The van der Waals surface area contributed by atoms with Crippen molar-refractivity contribution < 1.29 is 9.90 Å². The Hall–Kier alpha value is -1.43. The molecular formula is C9H16N4O2. The van der Waals surface area contributed by atoms with Crippen LogP contribution in [0.3, 0.4) is 0 Å². The van der Waals surface area contributed by atoms with Crippen molar-refractivity contribution in [2.45, 2.75) is 26.4 Å². The van der Waals surface area contributed by atoms with E-state index in [4.69, 9.17) is 0 Å². The molecule has 0 aliphatic carbocycles. The van der Waals surface area contributed by atoms with Gasteiger partial charge >= 0.3 is 0 Å². The average molecular weight is 212 g/mol. The zero-order chi connectivity index (χ0) is 11.3. The molecule has 1 atom stereocenters. The van der Waals surface area contributed by atoms with E-state index in [1.54, 1.807) is 0 Å². The third-order valence-corrected chi connectivity index (χ3v) is 1.87. The Morgan fingerprint density at radius 2 is 2.40 bits per heavy atom. The van der Waals surface area contributed by atoms with Crippen LogP contribution in [0, 0.1) is 5.92 Å². The van der Waals surface area contributed by atoms with E-state index < -0.39 is 6.10 Å². The molecule has 84 valence electrons. The fourth-order valence-corrected chi connectivity index (χ4v) is 1.24. The number of nitrogens with one attached hydrogen (secondary N) is 2. The molecule has 1 unspecified atom stereocenters. The predicted octanol–water partition coefficient (Wildman–Crippen LogP) is -0.0585. The van der Waals surface area contributed by atoms with Crippen molar-refractivity contribution in [3.8, 4) is 0 Å². The van der Waals surface area contributed by atoms with Crippen molar-refractivity contribution in [1.29, 1.82) is 0 Å². The molecule has 0 spiro atoms. The summed E-state index contributed by atoms with van der Waals surface area (Å²) in [7, 11) is 0. The Morgan fingerprint density at radius 1 is 1.67 bits per heavy atom. The third kappa shape index (κ3) is 4.07. The van der Waals surface area contributed by atoms with E-state index >= 15 is 0 Å². The highest BCUT2D eigenvalue weighted by Crippen LogP contribution is 2.03. The van der Waals surface area contributed by atoms with Crippen molar-refractivity contribution in [3.05, 3.63) is 12.2 Å². The molecule has 0 saturated carbocycles. The van der Waals surface area contributed by atoms with E-state index in [2.05, 4.69) is 20.5 Å². The summed E-state index contributed by atoms with van der Waals surface area (Å²) < 4.78 is 0. The van der Waals surface area contributed by atoms with Crippen molar-refractivity contribution >= 4 is 5.91 Å². The van der Waals surface area contributed by atoms with Crippen molar-refractivity contribution in [2.75, 3.05) is 6.54 Å². The first kappa shape index (κ1) is 11.6. The Labute approximate surface area is 88.1 Å². The zero-order valence-electron chi connectivity index (χ0n) is 8.90. The topological polar surface area (TPSA) is 90.9 Å². The van der Waals surface area contributed by atoms with Crippen LogP contribution in [0.4, 0.5) is 0 Å². The molecule has 1 rings (SSSR count). The largest absolute Gasteiger partial charge is 0.391 e. The second kappa shape index (κ2) is 5.45. The van der Waals surface area contributed by atoms with E-state index in [9.17, 15) is 9.90 Å². The van der Waals surface area contributed by atoms with Gasteiger partial charge in [0.05, 0.1) is 6.10 Å². The summed E-state index contributed by atoms with van der Waals surface area (Å²) in [6.07, 6.45) is 1.41. The van der Waals surface area contributed by atoms with Gasteiger partial charge in [-0.05, 0) is 12.3 Å². The minimum absolute atomic E-state index is 0.159. The molecule has 0 aliphatic heterocycles. The summed E-state index contributed by atoms with van der Waals surface area (Å²) in [6, 6.07) is 0. The maximum absolute atomic E-state index is 11.3. The highest BCUT2D eigenvalue weighted by Gasteiger charge is 2.11. The number of hydrogen-bond donors (Lipinski definition) is 3. The first-order valence-electron chi connectivity index (χ1n) is 4.91. The summed E-state index contributed by atoms with van der Waals surface area (Å²) in [5.41, 5.74) is 0. The summed E-state index contributed by atoms with van der Waals surface area (Å²) in [5, 5.41) is 18.1. The van der Waals surface area contributed by atoms with E-state index in [0.717, 1.165) is 0 Å². The number of rotatable bonds is 5. The minimum Gasteiger partial charge on any atom is -0.391 e. The quantitative estimate of drug-likeness (QED) is 0.637. The van der Waals surface area contributed by atoms with Gasteiger partial charge in [-0.2, -0.15) is 5.10 Å². The van der Waals surface area contributed by atoms with Crippen molar-refractivity contribution in [2.24, 2.45) is 5.92 Å². The number of carbonyl (C=O) groups excluding carboxylic acids is 1. The van der Waals surface area contributed by atoms with Gasteiger partial charge in [0, 0.05) is 6.54 Å². The van der Waals surface area contributed by atoms with Gasteiger partial charge in [-0.15, -0.1) is 0 Å². The molecule has 0 saturated heterocycles. The Balaban J connectivity index is 2.28. The number of nitrogens with zero attached hydrogens (tertiary/aromatic N) is 2. The first-order chi connectivity index (χ1) is 7.09. The summed E-state index contributed by atoms with van der Waals surface area (Å²) in [4.78, 5) is 15.0. The zero-order valence-corrected chi connectivity index (χ0v) is 8.90. The highest BCUT2D eigenvalue weighted by molar-refractivity contribution is 5.90. The molecule has 0 radical (unpaired) electrons. The van der Waals surface area contributed by atoms with Gasteiger partial charge in [-0.25, -0.2) is 4.98 Å². The Morgan fingerprint density at radius 3 is 2.93 bits per heavy atom. The summed E-state index contributed by atoms with van der Waals surface area (Å²) in [5.74, 6) is 0.212. The normalized spacial score (nSPS) is 12.8. The molecule has 1 aromatic heterocycles. The molecule has 0 aromatic carbocycles. The van der Waals surface area contributed by atoms with E-state index in [0.29, 0.717) is 12.3 Å². The lowest BCUT2D eigenvalue weighted by molar-refractivity contribution is 0.0890. The maximum atomic E-state index is 11.3. The van der Waals surface area contributed by atoms with Crippen LogP contribution in [-0.4, -0.2) is 38.8 Å². The molecule has 15 heavy (non-hydrogen) atoms. The molecule has 0 fully saturated rings. The van der Waals surface area contributed by atoms with Crippen LogP contribution in [-0.2, 0) is 0 Å². The van der Waals surface area contributed by atoms with Crippen LogP contribution in [0.15, 0.2) is 6.33 Å². The average Bonchev–Trinajstić information content (AvgIpc) is 2.65. The molecular weight excluding hydrogens is 196 g/mol. The number of aromatic amines is 1. The van der Waals surface area contributed by atoms with Gasteiger partial charge in [0.1, 0.15) is 6.33 Å². The molecule has 0 aliphatic rings. The lowest BCUT2D eigenvalue weighted by Crippen LogP contribution is -2.33. The maximum Gasteiger partial charge on any atom is 0.288 e. The summed E-state index contributed by atoms with van der Waals surface area (Å²) in [6.45, 7) is 4.26. The highest BCUT2D eigenvalue weighted by atomic mass is 16.3. The van der Waals surface area contributed by atoms with E-state index in [-0.39, 0.29) is 18.3 Å². The summed E-state index contributed by atoms with van der Waals surface area (Å²) >= 11 is 0. The van der Waals surface area contributed by atoms with Gasteiger partial charge in [0.15, 0.2) is 0 Å². The van der Waals surface area contributed by atoms with Gasteiger partial charge in [-0.1, -0.05) is 13.8 Å². The van der Waals surface area contributed by atoms with Gasteiger partial charge in [0.2, 0.25) is 5.82 Å². The van der Waals surface area contributed by atoms with Gasteiger partial charge < -0.3 is 10.4 Å². The molecule has 3 N–H and O–H groups in total. The lowest BCUT2D eigenvalue weighted by atomic mass is 10.1. The van der Waals surface area contributed by atoms with E-state index in [1.807, 2.05) is 13.8 Å². The first-order valence-corrected chi connectivity index (χ1v) is 4.91. The van der Waals surface area contributed by atoms with Crippen molar-refractivity contribution in [1.82, 2.24) is 20.5 Å². The number of aromatic nitrogens is 3. The fourth-order valence-electron chi connectivity index (χ4n) is 1.24. The monoisotopic (exact) mass is 212 g/mol. The molecule has 6 nitrogen and oxygen atoms in total. The smallest absolute Gasteiger partial charge is 0.288 e. The number of hydrogen-bond acceptors (Lipinski definition) is 4.